The first kappa shape index (κ1) is 11.3. The van der Waals surface area contributed by atoms with E-state index in [9.17, 15) is 0 Å². The minimum Gasteiger partial charge on any atom is -0.460 e. The van der Waals surface area contributed by atoms with Crippen LogP contribution in [0.3, 0.4) is 0 Å². The number of nitrogens with zero attached hydrogens (tertiary/aromatic N) is 1. The average molecular weight is 200 g/mol. The molecule has 0 saturated heterocycles. The molecule has 0 heterocycles. The lowest BCUT2D eigenvalue weighted by atomic mass is 10.2. The fourth-order valence-electron chi connectivity index (χ4n) is 1.36. The quantitative estimate of drug-likeness (QED) is 0.549. The van der Waals surface area contributed by atoms with Gasteiger partial charge in [0.05, 0.1) is 0 Å². The normalized spacial score (nSPS) is 14.6. The second-order valence-corrected chi connectivity index (χ2v) is 5.09. The Morgan fingerprint density at radius 1 is 1.21 bits per heavy atom. The van der Waals surface area contributed by atoms with Gasteiger partial charge in [0.15, 0.2) is 1.41 Å². The molecule has 0 aromatic heterocycles. The minimum atomic E-state index is -0.318. The van der Waals surface area contributed by atoms with Crippen LogP contribution in [0.1, 0.15) is 48.5 Å². The number of ether oxygens (including phenoxy) is 1. The molecule has 84 valence electrons. The molecule has 0 radical (unpaired) electrons. The van der Waals surface area contributed by atoms with Crippen LogP contribution < -0.4 is 0 Å². The zero-order chi connectivity index (χ0) is 12.2. The molecule has 3 heteroatoms. The van der Waals surface area contributed by atoms with Gasteiger partial charge in [-0.1, -0.05) is 0 Å². The van der Waals surface area contributed by atoms with Gasteiger partial charge in [-0.2, -0.15) is 0 Å². The van der Waals surface area contributed by atoms with Gasteiger partial charge in [-0.15, -0.1) is 0 Å². The number of amidine groups is 1. The second-order valence-electron chi connectivity index (χ2n) is 5.09. The Bertz CT molecular complexity index is 211. The van der Waals surface area contributed by atoms with Crippen molar-refractivity contribution in [1.29, 1.82) is 5.40 Å². The van der Waals surface area contributed by atoms with E-state index in [1.54, 1.807) is 0 Å². The third kappa shape index (κ3) is 4.49. The molecule has 0 aliphatic rings. The van der Waals surface area contributed by atoms with E-state index in [0.29, 0.717) is 6.02 Å². The van der Waals surface area contributed by atoms with Crippen LogP contribution in [0.4, 0.5) is 0 Å². The summed E-state index contributed by atoms with van der Waals surface area (Å²) in [4.78, 5) is 2.00. The maximum atomic E-state index is 7.18. The Balaban J connectivity index is 4.78. The van der Waals surface area contributed by atoms with Gasteiger partial charge >= 0.3 is 0 Å². The summed E-state index contributed by atoms with van der Waals surface area (Å²) in [5.74, 6) is 0. The molecule has 0 saturated carbocycles. The summed E-state index contributed by atoms with van der Waals surface area (Å²) in [7, 11) is 0. The molecule has 0 atom stereocenters. The van der Waals surface area contributed by atoms with Crippen LogP contribution in [-0.4, -0.2) is 28.6 Å². The van der Waals surface area contributed by atoms with Gasteiger partial charge in [0.25, 0.3) is 6.02 Å². The second kappa shape index (κ2) is 4.67. The van der Waals surface area contributed by atoms with Crippen LogP contribution >= 0.6 is 0 Å². The lowest BCUT2D eigenvalue weighted by molar-refractivity contribution is 0.0715. The van der Waals surface area contributed by atoms with Crippen LogP contribution in [-0.2, 0) is 4.74 Å². The largest absolute Gasteiger partial charge is 0.460 e. The highest BCUT2D eigenvalue weighted by Gasteiger charge is 2.22. The van der Waals surface area contributed by atoms with E-state index in [1.165, 1.54) is 0 Å². The van der Waals surface area contributed by atoms with Gasteiger partial charge in [-0.25, -0.2) is 0 Å². The molecular weight excluding hydrogens is 176 g/mol. The molecule has 0 rings (SSSR count). The first-order valence-electron chi connectivity index (χ1n) is 5.63. The topological polar surface area (TPSA) is 36.3 Å². The summed E-state index contributed by atoms with van der Waals surface area (Å²) < 4.78 is 12.8. The van der Waals surface area contributed by atoms with Crippen molar-refractivity contribution in [2.75, 3.05) is 0 Å². The molecule has 0 aromatic carbocycles. The predicted molar refractivity (Wildman–Crippen MR) is 60.7 cm³/mol. The maximum absolute atomic E-state index is 7.18. The highest BCUT2D eigenvalue weighted by atomic mass is 16.5. The number of hydrogen-bond acceptors (Lipinski definition) is 2. The number of nitrogens with one attached hydrogen (secondary N) is 1. The Hall–Kier alpha value is -0.730. The van der Waals surface area contributed by atoms with E-state index in [0.717, 1.165) is 0 Å². The predicted octanol–water partition coefficient (Wildman–Crippen LogP) is 2.86. The average Bonchev–Trinajstić information content (AvgIpc) is 1.98. The summed E-state index contributed by atoms with van der Waals surface area (Å²) in [5, 5.41) is 3.49. The van der Waals surface area contributed by atoms with E-state index in [1.807, 2.05) is 25.7 Å². The lowest BCUT2D eigenvalue weighted by Gasteiger charge is -2.35. The van der Waals surface area contributed by atoms with Crippen LogP contribution in [0.2, 0.25) is 1.41 Å². The van der Waals surface area contributed by atoms with Gasteiger partial charge in [0, 0.05) is 12.1 Å². The van der Waals surface area contributed by atoms with Crippen molar-refractivity contribution in [2.45, 2.75) is 66.2 Å². The fraction of sp³-hybridized carbons (Fsp3) is 0.909. The molecular formula is C11H24N2O. The smallest absolute Gasteiger partial charge is 0.285 e. The Morgan fingerprint density at radius 2 is 1.64 bits per heavy atom. The first-order valence-corrected chi connectivity index (χ1v) is 5.18. The molecule has 0 spiro atoms. The van der Waals surface area contributed by atoms with E-state index >= 15 is 0 Å². The van der Waals surface area contributed by atoms with Crippen LogP contribution in [0, 0.1) is 5.40 Å². The van der Waals surface area contributed by atoms with Gasteiger partial charge in [0.1, 0.15) is 5.60 Å². The van der Waals surface area contributed by atoms with Crippen molar-refractivity contribution in [1.82, 2.24) is 4.90 Å². The highest BCUT2D eigenvalue weighted by Crippen LogP contribution is 2.13. The van der Waals surface area contributed by atoms with Crippen LogP contribution in [0.5, 0.6) is 0 Å². The van der Waals surface area contributed by atoms with Crippen LogP contribution in [0.25, 0.3) is 0 Å². The fourth-order valence-corrected chi connectivity index (χ4v) is 1.36. The molecule has 14 heavy (non-hydrogen) atoms. The Kier molecular flexibility index (Phi) is 3.78. The van der Waals surface area contributed by atoms with Gasteiger partial charge in [0.2, 0.25) is 0 Å². The third-order valence-corrected chi connectivity index (χ3v) is 1.73. The van der Waals surface area contributed by atoms with Crippen molar-refractivity contribution in [3.8, 4) is 0 Å². The molecule has 0 aliphatic carbocycles. The number of rotatable bonds is 2. The highest BCUT2D eigenvalue weighted by molar-refractivity contribution is 5.71. The van der Waals surface area contributed by atoms with E-state index < -0.39 is 0 Å². The molecule has 1 N–H and O–H groups in total. The van der Waals surface area contributed by atoms with Crippen LogP contribution in [0.15, 0.2) is 0 Å². The maximum Gasteiger partial charge on any atom is 0.285 e. The van der Waals surface area contributed by atoms with Gasteiger partial charge in [-0.3, -0.25) is 5.40 Å². The molecule has 0 bridgehead atoms. The SMILES string of the molecule is [H]/N=C(/OC(C)(C)C)N(C(C)C)C(C)C. The summed E-state index contributed by atoms with van der Waals surface area (Å²) in [5.41, 5.74) is -0.318. The third-order valence-electron chi connectivity index (χ3n) is 1.73. The molecule has 3 nitrogen and oxygen atoms in total. The summed E-state index contributed by atoms with van der Waals surface area (Å²) in [6.45, 7) is 14.1. The molecule has 0 aliphatic heterocycles. The van der Waals surface area contributed by atoms with Crippen molar-refractivity contribution in [3.05, 3.63) is 0 Å². The molecule has 0 unspecified atom stereocenters. The molecule has 0 aromatic rings. The van der Waals surface area contributed by atoms with E-state index in [2.05, 4.69) is 33.1 Å². The zero-order valence-corrected chi connectivity index (χ0v) is 10.5. The van der Waals surface area contributed by atoms with Crippen molar-refractivity contribution in [2.24, 2.45) is 0 Å². The van der Waals surface area contributed by atoms with Gasteiger partial charge < -0.3 is 9.64 Å². The summed E-state index contributed by atoms with van der Waals surface area (Å²) in [6.07, 6.45) is 0. The monoisotopic (exact) mass is 200 g/mol. The molecule has 0 amide bonds. The number of hydrogen-bond donors (Lipinski definition) is 1. The van der Waals surface area contributed by atoms with Crippen molar-refractivity contribution in [3.63, 3.8) is 0 Å². The standard InChI is InChI=1S/C11H24N2O/c1-8(2)13(9(3)4)10(12)14-11(5,6)7/h8-9,12H,1-7H3/b12-10+. The summed E-state index contributed by atoms with van der Waals surface area (Å²) >= 11 is 0. The van der Waals surface area contributed by atoms with E-state index in [-0.39, 0.29) is 17.7 Å². The van der Waals surface area contributed by atoms with Crippen molar-refractivity contribution < 1.29 is 6.15 Å². The minimum absolute atomic E-state index is 0.274. The zero-order valence-electron chi connectivity index (χ0n) is 11.5. The summed E-state index contributed by atoms with van der Waals surface area (Å²) in [6, 6.07) is 0.945. The van der Waals surface area contributed by atoms with Gasteiger partial charge in [-0.05, 0) is 48.5 Å². The lowest BCUT2D eigenvalue weighted by Crippen LogP contribution is -2.45. The van der Waals surface area contributed by atoms with Crippen molar-refractivity contribution >= 4 is 6.02 Å². The Labute approximate surface area is 89.4 Å². The van der Waals surface area contributed by atoms with E-state index in [4.69, 9.17) is 6.15 Å². The first-order chi connectivity index (χ1) is 6.69. The Morgan fingerprint density at radius 3 is 1.86 bits per heavy atom. The molecule has 0 fully saturated rings.